The molecule has 30 valence electrons. The van der Waals surface area contributed by atoms with Gasteiger partial charge in [-0.2, -0.15) is 0 Å². The minimum Gasteiger partial charge on any atom is -0.305 e. The smallest absolute Gasteiger partial charge is 0.0925 e. The van der Waals surface area contributed by atoms with Crippen LogP contribution in [-0.4, -0.2) is 0 Å². The lowest BCUT2D eigenvalue weighted by Crippen LogP contribution is -1.68. The lowest BCUT2D eigenvalue weighted by Gasteiger charge is -1.64. The first-order valence-electron chi connectivity index (χ1n) is 0.871. The number of hydrogen-bond acceptors (Lipinski definition) is 2. The third-order valence-corrected chi connectivity index (χ3v) is 0.934. The van der Waals surface area contributed by atoms with Crippen LogP contribution in [0.3, 0.4) is 0 Å². The van der Waals surface area contributed by atoms with E-state index in [0.29, 0.717) is 6.37 Å². The van der Waals surface area contributed by atoms with Gasteiger partial charge in [0, 0.05) is 0 Å². The fraction of sp³-hybridized carbons (Fsp3) is 0. The van der Waals surface area contributed by atoms with Crippen LogP contribution in [0.2, 0.25) is 0 Å². The summed E-state index contributed by atoms with van der Waals surface area (Å²) in [5, 5.41) is 2.98. The second-order valence-corrected chi connectivity index (χ2v) is 2.12. The summed E-state index contributed by atoms with van der Waals surface area (Å²) >= 11 is 2.07. The highest BCUT2D eigenvalue weighted by molar-refractivity contribution is 14.2. The Labute approximate surface area is 44.7 Å². The van der Waals surface area contributed by atoms with Crippen LogP contribution in [0.1, 0.15) is 0 Å². The predicted octanol–water partition coefficient (Wildman–Crippen LogP) is 1.26. The van der Waals surface area contributed by atoms with Crippen LogP contribution in [0, 0.1) is 0 Å². The molecule has 5 heavy (non-hydrogen) atoms. The minimum atomic E-state index is 0.461. The fourth-order valence-electron chi connectivity index (χ4n) is 0.0218. The van der Waals surface area contributed by atoms with Crippen molar-refractivity contribution >= 4 is 28.4 Å². The summed E-state index contributed by atoms with van der Waals surface area (Å²) in [6.07, 6.45) is 0.461. The molecule has 0 rings (SSSR count). The first-order chi connectivity index (χ1) is 2.41. The molecule has 0 bridgehead atoms. The average Bonchev–Trinajstić information content (AvgIpc) is 1.41. The van der Waals surface area contributed by atoms with Crippen molar-refractivity contribution in [1.29, 1.82) is 0 Å². The molecule has 0 aliphatic rings. The van der Waals surface area contributed by atoms with E-state index in [4.69, 9.17) is 0 Å². The van der Waals surface area contributed by atoms with E-state index in [2.05, 4.69) is 38.0 Å². The zero-order valence-corrected chi connectivity index (χ0v) is 5.51. The summed E-state index contributed by atoms with van der Waals surface area (Å²) < 4.78 is 0. The van der Waals surface area contributed by atoms with Gasteiger partial charge in [-0.05, 0) is 22.0 Å². The van der Waals surface area contributed by atoms with Crippen LogP contribution < -0.4 is 5.84 Å². The van der Waals surface area contributed by atoms with E-state index in [1.807, 2.05) is 0 Å². The highest BCUT2D eigenvalue weighted by Gasteiger charge is 1.55. The van der Waals surface area contributed by atoms with Crippen molar-refractivity contribution < 1.29 is 0 Å². The highest BCUT2D eigenvalue weighted by atomic mass is 127. The SMILES string of the molecule is NN=NPI. The van der Waals surface area contributed by atoms with Gasteiger partial charge in [0.15, 0.2) is 0 Å². The van der Waals surface area contributed by atoms with Crippen molar-refractivity contribution in [2.75, 3.05) is 0 Å². The second kappa shape index (κ2) is 4.56. The monoisotopic (exact) mass is 203 g/mol. The summed E-state index contributed by atoms with van der Waals surface area (Å²) in [6.45, 7) is 0. The van der Waals surface area contributed by atoms with E-state index in [-0.39, 0.29) is 0 Å². The molecule has 0 amide bonds. The van der Waals surface area contributed by atoms with E-state index in [0.717, 1.165) is 0 Å². The molecule has 2 N–H and O–H groups in total. The Balaban J connectivity index is 2.62. The van der Waals surface area contributed by atoms with E-state index in [1.54, 1.807) is 0 Å². The number of halogens is 1. The normalized spacial score (nSPS) is 12.2. The van der Waals surface area contributed by atoms with Crippen LogP contribution in [0.5, 0.6) is 0 Å². The number of nitrogens with two attached hydrogens (primary N) is 1. The Morgan fingerprint density at radius 1 is 1.80 bits per heavy atom. The van der Waals surface area contributed by atoms with Crippen LogP contribution in [0.4, 0.5) is 0 Å². The van der Waals surface area contributed by atoms with Crippen molar-refractivity contribution in [3.05, 3.63) is 0 Å². The summed E-state index contributed by atoms with van der Waals surface area (Å²) in [6, 6.07) is 0. The van der Waals surface area contributed by atoms with Gasteiger partial charge >= 0.3 is 0 Å². The van der Waals surface area contributed by atoms with E-state index < -0.39 is 0 Å². The molecule has 5 heteroatoms. The summed E-state index contributed by atoms with van der Waals surface area (Å²) in [5.74, 6) is 4.60. The average molecular weight is 203 g/mol. The van der Waals surface area contributed by atoms with Gasteiger partial charge in [0.2, 0.25) is 0 Å². The molecular formula is H3IN3P. The van der Waals surface area contributed by atoms with Crippen LogP contribution in [0.15, 0.2) is 10.1 Å². The number of hydrogen-bond donors (Lipinski definition) is 1. The standard InChI is InChI=1S/H3IN3P/c1-5-4-3-2/h5H,(H2,2,4). The quantitative estimate of drug-likeness (QED) is 0.225. The summed E-state index contributed by atoms with van der Waals surface area (Å²) in [5.41, 5.74) is 0. The summed E-state index contributed by atoms with van der Waals surface area (Å²) in [7, 11) is 0. The van der Waals surface area contributed by atoms with Crippen LogP contribution in [-0.2, 0) is 0 Å². The van der Waals surface area contributed by atoms with Crippen molar-refractivity contribution in [2.45, 2.75) is 0 Å². The van der Waals surface area contributed by atoms with Crippen molar-refractivity contribution in [1.82, 2.24) is 0 Å². The van der Waals surface area contributed by atoms with Gasteiger partial charge in [-0.25, -0.2) is 0 Å². The van der Waals surface area contributed by atoms with Gasteiger partial charge in [-0.1, -0.05) is 5.22 Å². The lowest BCUT2D eigenvalue weighted by molar-refractivity contribution is 1.12. The predicted molar refractivity (Wildman–Crippen MR) is 31.4 cm³/mol. The minimum absolute atomic E-state index is 0.461. The van der Waals surface area contributed by atoms with E-state index in [9.17, 15) is 0 Å². The molecule has 0 aromatic heterocycles. The fourth-order valence-corrected chi connectivity index (χ4v) is 0.439. The van der Waals surface area contributed by atoms with E-state index >= 15 is 0 Å². The maximum Gasteiger partial charge on any atom is 0.0925 e. The van der Waals surface area contributed by atoms with Crippen LogP contribution >= 0.6 is 28.4 Å². The lowest BCUT2D eigenvalue weighted by atomic mass is 12.8. The highest BCUT2D eigenvalue weighted by Crippen LogP contribution is 2.20. The summed E-state index contributed by atoms with van der Waals surface area (Å²) in [4.78, 5) is 3.39. The maximum atomic E-state index is 4.60. The molecule has 0 aromatic rings. The van der Waals surface area contributed by atoms with Crippen molar-refractivity contribution in [3.63, 3.8) is 0 Å². The largest absolute Gasteiger partial charge is 0.305 e. The van der Waals surface area contributed by atoms with E-state index in [1.165, 1.54) is 0 Å². The molecule has 1 atom stereocenters. The number of nitrogens with zero attached hydrogens (tertiary/aromatic N) is 2. The Morgan fingerprint density at radius 2 is 2.40 bits per heavy atom. The number of rotatable bonds is 1. The third kappa shape index (κ3) is 4.56. The Bertz CT molecular complexity index is 33.9. The molecule has 3 nitrogen and oxygen atoms in total. The zero-order valence-electron chi connectivity index (χ0n) is 2.35. The van der Waals surface area contributed by atoms with Gasteiger partial charge in [0.05, 0.1) is 6.37 Å². The molecule has 0 aliphatic carbocycles. The third-order valence-electron chi connectivity index (χ3n) is 0.0955. The molecule has 0 fully saturated rings. The van der Waals surface area contributed by atoms with Gasteiger partial charge < -0.3 is 5.84 Å². The molecule has 0 aliphatic heterocycles. The van der Waals surface area contributed by atoms with Gasteiger partial charge in [-0.15, -0.1) is 4.88 Å². The molecular weight excluding hydrogens is 200 g/mol. The Hall–Kier alpha value is 0.560. The van der Waals surface area contributed by atoms with Crippen molar-refractivity contribution in [3.8, 4) is 0 Å². The van der Waals surface area contributed by atoms with Crippen LogP contribution in [0.25, 0.3) is 0 Å². The molecule has 0 saturated heterocycles. The second-order valence-electron chi connectivity index (χ2n) is 0.300. The molecule has 0 saturated carbocycles. The molecule has 0 aromatic carbocycles. The Kier molecular flexibility index (Phi) is 5.07. The van der Waals surface area contributed by atoms with Gasteiger partial charge in [0.1, 0.15) is 0 Å². The zero-order chi connectivity index (χ0) is 4.12. The maximum absolute atomic E-state index is 4.60. The molecule has 1 unspecified atom stereocenters. The molecule has 0 heterocycles. The molecule has 0 spiro atoms. The van der Waals surface area contributed by atoms with Gasteiger partial charge in [0.25, 0.3) is 0 Å². The Morgan fingerprint density at radius 3 is 2.40 bits per heavy atom. The van der Waals surface area contributed by atoms with Gasteiger partial charge in [-0.3, -0.25) is 0 Å². The van der Waals surface area contributed by atoms with Crippen molar-refractivity contribution in [2.24, 2.45) is 16.0 Å². The first-order valence-corrected chi connectivity index (χ1v) is 4.93. The topological polar surface area (TPSA) is 50.7 Å². The molecule has 0 radical (unpaired) electrons. The first kappa shape index (κ1) is 5.56.